The molecule has 1 aliphatic heterocycles. The van der Waals surface area contributed by atoms with Gasteiger partial charge in [0.05, 0.1) is 17.2 Å². The number of nitrogens with zero attached hydrogens (tertiary/aromatic N) is 1. The maximum absolute atomic E-state index is 13.3. The van der Waals surface area contributed by atoms with Gasteiger partial charge in [0, 0.05) is 27.4 Å². The third-order valence-electron chi connectivity index (χ3n) is 7.37. The van der Waals surface area contributed by atoms with E-state index in [9.17, 15) is 14.7 Å². The van der Waals surface area contributed by atoms with E-state index in [4.69, 9.17) is 20.8 Å². The van der Waals surface area contributed by atoms with Gasteiger partial charge < -0.3 is 24.5 Å². The van der Waals surface area contributed by atoms with E-state index in [2.05, 4.69) is 26.1 Å². The minimum absolute atomic E-state index is 0.201. The molecule has 2 aliphatic rings. The van der Waals surface area contributed by atoms with Crippen LogP contribution in [0, 0.1) is 0 Å². The number of ketones is 1. The van der Waals surface area contributed by atoms with Crippen molar-refractivity contribution in [3.8, 4) is 5.75 Å². The average molecular weight is 612 g/mol. The van der Waals surface area contributed by atoms with Crippen LogP contribution in [0.4, 0.5) is 0 Å². The molecule has 1 amide bonds. The van der Waals surface area contributed by atoms with E-state index in [0.29, 0.717) is 34.0 Å². The first-order chi connectivity index (χ1) is 18.9. The zero-order valence-corrected chi connectivity index (χ0v) is 23.5. The number of Topliss-reactive ketones (excluding diaryl/α,β-unsaturated/α-hetero) is 1. The molecule has 2 unspecified atom stereocenters. The molecule has 6 rings (SSSR count). The molecule has 39 heavy (non-hydrogen) atoms. The Balaban J connectivity index is 1.23. The standard InChI is InChI=1S/C30H28BrClN2O5/c31-19-5-10-26-22(15-19)21-13-17(3-8-25(21)39-26)29(36)30(37)33-24(16-34-11-1-2-12-34)28(35)18-4-9-27(23(32)14-18)38-20-6-7-20/h3-5,8-10,13-15,20,24,28,35H,1-2,6-7,11-12,16H2,(H,33,37). The van der Waals surface area contributed by atoms with Gasteiger partial charge in [-0.1, -0.05) is 33.6 Å². The Morgan fingerprint density at radius 2 is 1.77 bits per heavy atom. The second-order valence-electron chi connectivity index (χ2n) is 10.3. The molecule has 0 radical (unpaired) electrons. The van der Waals surface area contributed by atoms with Crippen LogP contribution in [0.15, 0.2) is 63.5 Å². The highest BCUT2D eigenvalue weighted by Crippen LogP contribution is 2.35. The number of fused-ring (bicyclic) bond motifs is 3. The molecule has 1 aliphatic carbocycles. The third kappa shape index (κ3) is 5.70. The SMILES string of the molecule is O=C(NC(CN1CCCC1)C(O)c1ccc(OC2CC2)c(Cl)c1)C(=O)c1ccc2oc3ccc(Br)cc3c2c1. The number of amides is 1. The first kappa shape index (κ1) is 26.3. The van der Waals surface area contributed by atoms with Crippen LogP contribution in [-0.2, 0) is 4.79 Å². The summed E-state index contributed by atoms with van der Waals surface area (Å²) in [5.74, 6) is -0.864. The molecule has 4 aromatic rings. The Labute approximate surface area is 239 Å². The number of nitrogens with one attached hydrogen (secondary N) is 1. The lowest BCUT2D eigenvalue weighted by Gasteiger charge is -2.28. The maximum atomic E-state index is 13.3. The number of hydrogen-bond acceptors (Lipinski definition) is 6. The van der Waals surface area contributed by atoms with E-state index in [-0.39, 0.29) is 11.7 Å². The molecule has 0 spiro atoms. The van der Waals surface area contributed by atoms with E-state index in [0.717, 1.165) is 54.0 Å². The number of rotatable bonds is 9. The Morgan fingerprint density at radius 3 is 2.49 bits per heavy atom. The van der Waals surface area contributed by atoms with Gasteiger partial charge in [-0.15, -0.1) is 0 Å². The fraction of sp³-hybridized carbons (Fsp3) is 0.333. The summed E-state index contributed by atoms with van der Waals surface area (Å²) in [6.45, 7) is 2.17. The molecule has 1 saturated heterocycles. The minimum atomic E-state index is -1.06. The van der Waals surface area contributed by atoms with Gasteiger partial charge in [0.25, 0.3) is 5.91 Å². The Kier molecular flexibility index (Phi) is 7.37. The minimum Gasteiger partial charge on any atom is -0.489 e. The van der Waals surface area contributed by atoms with E-state index < -0.39 is 23.8 Å². The van der Waals surface area contributed by atoms with E-state index in [1.807, 2.05) is 18.2 Å². The van der Waals surface area contributed by atoms with Gasteiger partial charge in [0.15, 0.2) is 0 Å². The first-order valence-electron chi connectivity index (χ1n) is 13.2. The van der Waals surface area contributed by atoms with Crippen LogP contribution in [0.25, 0.3) is 21.9 Å². The van der Waals surface area contributed by atoms with Crippen LogP contribution in [0.3, 0.4) is 0 Å². The van der Waals surface area contributed by atoms with Crippen LogP contribution in [0.5, 0.6) is 5.75 Å². The molecule has 2 atom stereocenters. The molecule has 9 heteroatoms. The summed E-state index contributed by atoms with van der Waals surface area (Å²) in [4.78, 5) is 28.7. The summed E-state index contributed by atoms with van der Waals surface area (Å²) in [5, 5.41) is 16.2. The molecule has 1 aromatic heterocycles. The number of carbonyl (C=O) groups is 2. The molecule has 1 saturated carbocycles. The van der Waals surface area contributed by atoms with Gasteiger partial charge in [0.1, 0.15) is 23.0 Å². The van der Waals surface area contributed by atoms with Crippen molar-refractivity contribution in [2.24, 2.45) is 0 Å². The zero-order valence-electron chi connectivity index (χ0n) is 21.2. The molecule has 202 valence electrons. The van der Waals surface area contributed by atoms with Crippen molar-refractivity contribution in [1.29, 1.82) is 0 Å². The summed E-state index contributed by atoms with van der Waals surface area (Å²) in [6, 6.07) is 15.1. The summed E-state index contributed by atoms with van der Waals surface area (Å²) in [5.41, 5.74) is 2.13. The normalized spacial score (nSPS) is 17.4. The predicted octanol–water partition coefficient (Wildman–Crippen LogP) is 6.04. The van der Waals surface area contributed by atoms with Gasteiger partial charge in [-0.2, -0.15) is 0 Å². The highest BCUT2D eigenvalue weighted by molar-refractivity contribution is 9.10. The topological polar surface area (TPSA) is 92.0 Å². The number of hydrogen-bond donors (Lipinski definition) is 2. The number of carbonyl (C=O) groups excluding carboxylic acids is 2. The van der Waals surface area contributed by atoms with Crippen molar-refractivity contribution in [2.75, 3.05) is 19.6 Å². The molecule has 0 bridgehead atoms. The number of aliphatic hydroxyl groups excluding tert-OH is 1. The molecular formula is C30H28BrClN2O5. The van der Waals surface area contributed by atoms with Crippen LogP contribution in [-0.4, -0.2) is 53.5 Å². The molecule has 2 N–H and O–H groups in total. The lowest BCUT2D eigenvalue weighted by atomic mass is 10.0. The smallest absolute Gasteiger partial charge is 0.292 e. The largest absolute Gasteiger partial charge is 0.489 e. The average Bonchev–Trinajstić information content (AvgIpc) is 3.46. The molecule has 3 aromatic carbocycles. The monoisotopic (exact) mass is 610 g/mol. The first-order valence-corrected chi connectivity index (χ1v) is 14.4. The highest BCUT2D eigenvalue weighted by Gasteiger charge is 2.30. The summed E-state index contributed by atoms with van der Waals surface area (Å²) >= 11 is 9.92. The second-order valence-corrected chi connectivity index (χ2v) is 11.6. The number of benzene rings is 3. The fourth-order valence-corrected chi connectivity index (χ4v) is 5.71. The van der Waals surface area contributed by atoms with Crippen molar-refractivity contribution >= 4 is 61.2 Å². The van der Waals surface area contributed by atoms with E-state index >= 15 is 0 Å². The van der Waals surface area contributed by atoms with Crippen molar-refractivity contribution in [1.82, 2.24) is 10.2 Å². The molecule has 7 nitrogen and oxygen atoms in total. The van der Waals surface area contributed by atoms with E-state index in [1.54, 1.807) is 36.4 Å². The Hall–Kier alpha value is -2.91. The maximum Gasteiger partial charge on any atom is 0.292 e. The van der Waals surface area contributed by atoms with Gasteiger partial charge in [-0.05, 0) is 92.9 Å². The van der Waals surface area contributed by atoms with Crippen molar-refractivity contribution < 1.29 is 23.8 Å². The number of halogens is 2. The summed E-state index contributed by atoms with van der Waals surface area (Å²) < 4.78 is 12.6. The summed E-state index contributed by atoms with van der Waals surface area (Å²) in [6.07, 6.45) is 3.28. The lowest BCUT2D eigenvalue weighted by molar-refractivity contribution is -0.118. The lowest BCUT2D eigenvalue weighted by Crippen LogP contribution is -2.48. The molecule has 2 heterocycles. The zero-order chi connectivity index (χ0) is 27.1. The van der Waals surface area contributed by atoms with Crippen LogP contribution in [0.2, 0.25) is 5.02 Å². The van der Waals surface area contributed by atoms with Crippen molar-refractivity contribution in [3.05, 3.63) is 75.2 Å². The Morgan fingerprint density at radius 1 is 1.05 bits per heavy atom. The van der Waals surface area contributed by atoms with Gasteiger partial charge in [-0.3, -0.25) is 9.59 Å². The number of ether oxygens (including phenoxy) is 1. The Bertz CT molecular complexity index is 1560. The third-order valence-corrected chi connectivity index (χ3v) is 8.15. The van der Waals surface area contributed by atoms with Crippen LogP contribution >= 0.6 is 27.5 Å². The van der Waals surface area contributed by atoms with Crippen LogP contribution in [0.1, 0.15) is 47.7 Å². The number of furan rings is 1. The van der Waals surface area contributed by atoms with Gasteiger partial charge in [0.2, 0.25) is 5.78 Å². The van der Waals surface area contributed by atoms with Crippen LogP contribution < -0.4 is 10.1 Å². The second kappa shape index (κ2) is 10.9. The number of likely N-dealkylation sites (tertiary alicyclic amines) is 1. The summed E-state index contributed by atoms with van der Waals surface area (Å²) in [7, 11) is 0. The van der Waals surface area contributed by atoms with Gasteiger partial charge >= 0.3 is 0 Å². The van der Waals surface area contributed by atoms with Gasteiger partial charge in [-0.25, -0.2) is 0 Å². The molecular weight excluding hydrogens is 584 g/mol. The van der Waals surface area contributed by atoms with Crippen molar-refractivity contribution in [2.45, 2.75) is 43.9 Å². The number of aliphatic hydroxyl groups is 1. The quantitative estimate of drug-likeness (QED) is 0.177. The van der Waals surface area contributed by atoms with Crippen molar-refractivity contribution in [3.63, 3.8) is 0 Å². The fourth-order valence-electron chi connectivity index (χ4n) is 5.12. The highest BCUT2D eigenvalue weighted by atomic mass is 79.9. The molecule has 2 fully saturated rings. The predicted molar refractivity (Wildman–Crippen MR) is 153 cm³/mol. The van der Waals surface area contributed by atoms with E-state index in [1.165, 1.54) is 0 Å².